The molecule has 0 radical (unpaired) electrons. The molecule has 0 spiro atoms. The molecule has 0 aliphatic heterocycles. The van der Waals surface area contributed by atoms with Crippen LogP contribution in [0.15, 0.2) is 28.7 Å². The van der Waals surface area contributed by atoms with E-state index >= 15 is 0 Å². The lowest BCUT2D eigenvalue weighted by Gasteiger charge is -2.34. The van der Waals surface area contributed by atoms with Gasteiger partial charge in [0, 0.05) is 12.5 Å². The minimum Gasteiger partial charge on any atom is -0.459 e. The van der Waals surface area contributed by atoms with E-state index in [1.54, 1.807) is 13.2 Å². The summed E-state index contributed by atoms with van der Waals surface area (Å²) in [6.07, 6.45) is -0.0575. The van der Waals surface area contributed by atoms with Gasteiger partial charge in [0.1, 0.15) is 17.2 Å². The van der Waals surface area contributed by atoms with Crippen molar-refractivity contribution >= 4 is 11.0 Å². The van der Waals surface area contributed by atoms with Crippen LogP contribution in [0.25, 0.3) is 11.0 Å². The monoisotopic (exact) mass is 279 g/mol. The molecule has 2 atom stereocenters. The summed E-state index contributed by atoms with van der Waals surface area (Å²) in [6, 6.07) is 6.32. The van der Waals surface area contributed by atoms with Crippen molar-refractivity contribution in [3.8, 4) is 0 Å². The van der Waals surface area contributed by atoms with E-state index in [2.05, 4.69) is 26.1 Å². The number of fused-ring (bicyclic) bond motifs is 1. The van der Waals surface area contributed by atoms with Crippen molar-refractivity contribution in [2.45, 2.75) is 32.9 Å². The molecular weight excluding hydrogens is 257 g/mol. The van der Waals surface area contributed by atoms with Crippen molar-refractivity contribution in [1.29, 1.82) is 0 Å². The van der Waals surface area contributed by atoms with Gasteiger partial charge in [-0.1, -0.05) is 20.8 Å². The van der Waals surface area contributed by atoms with Crippen LogP contribution in [0.1, 0.15) is 32.6 Å². The van der Waals surface area contributed by atoms with E-state index in [4.69, 9.17) is 9.15 Å². The van der Waals surface area contributed by atoms with Crippen LogP contribution < -0.4 is 5.32 Å². The molecule has 0 saturated heterocycles. The van der Waals surface area contributed by atoms with E-state index < -0.39 is 0 Å². The van der Waals surface area contributed by atoms with Crippen molar-refractivity contribution in [2.75, 3.05) is 14.2 Å². The molecule has 1 N–H and O–H groups in total. The normalized spacial score (nSPS) is 15.5. The predicted octanol–water partition coefficient (Wildman–Crippen LogP) is 3.89. The van der Waals surface area contributed by atoms with Crippen molar-refractivity contribution in [2.24, 2.45) is 5.41 Å². The van der Waals surface area contributed by atoms with Crippen LogP contribution in [0.5, 0.6) is 0 Å². The van der Waals surface area contributed by atoms with E-state index in [1.165, 1.54) is 12.1 Å². The first-order valence-corrected chi connectivity index (χ1v) is 6.76. The number of benzene rings is 1. The van der Waals surface area contributed by atoms with Gasteiger partial charge >= 0.3 is 0 Å². The number of hydrogen-bond acceptors (Lipinski definition) is 3. The smallest absolute Gasteiger partial charge is 0.134 e. The maximum absolute atomic E-state index is 13.3. The second kappa shape index (κ2) is 5.54. The zero-order chi connectivity index (χ0) is 14.9. The zero-order valence-electron chi connectivity index (χ0n) is 12.7. The summed E-state index contributed by atoms with van der Waals surface area (Å²) in [7, 11) is 3.57. The highest BCUT2D eigenvalue weighted by Crippen LogP contribution is 2.34. The summed E-state index contributed by atoms with van der Waals surface area (Å²) in [5.74, 6) is 0.500. The number of furan rings is 1. The molecule has 3 nitrogen and oxygen atoms in total. The third-order valence-electron chi connectivity index (χ3n) is 3.53. The Kier molecular flexibility index (Phi) is 4.16. The second-order valence-corrected chi connectivity index (χ2v) is 6.12. The number of methoxy groups -OCH3 is 1. The number of nitrogens with one attached hydrogen (secondary N) is 1. The Bertz CT molecular complexity index is 586. The highest BCUT2D eigenvalue weighted by Gasteiger charge is 2.34. The molecule has 0 saturated carbocycles. The van der Waals surface area contributed by atoms with E-state index in [9.17, 15) is 4.39 Å². The molecular formula is C16H22FNO2. The van der Waals surface area contributed by atoms with Gasteiger partial charge in [0.15, 0.2) is 0 Å². The lowest BCUT2D eigenvalue weighted by atomic mass is 9.83. The summed E-state index contributed by atoms with van der Waals surface area (Å²) in [5.41, 5.74) is 0.637. The van der Waals surface area contributed by atoms with Crippen molar-refractivity contribution in [1.82, 2.24) is 5.32 Å². The Morgan fingerprint density at radius 1 is 1.25 bits per heavy atom. The summed E-state index contributed by atoms with van der Waals surface area (Å²) in [5, 5.41) is 4.01. The van der Waals surface area contributed by atoms with Crippen molar-refractivity contribution in [3.63, 3.8) is 0 Å². The SMILES string of the molecule is CNC(c1cc2cc(F)ccc2o1)C(OC)C(C)(C)C. The molecule has 2 aromatic rings. The first kappa shape index (κ1) is 15.0. The van der Waals surface area contributed by atoms with Gasteiger partial charge in [0.05, 0.1) is 12.1 Å². The molecule has 2 rings (SSSR count). The largest absolute Gasteiger partial charge is 0.459 e. The topological polar surface area (TPSA) is 34.4 Å². The second-order valence-electron chi connectivity index (χ2n) is 6.12. The number of likely N-dealkylation sites (N-methyl/N-ethyl adjacent to an activating group) is 1. The Hall–Kier alpha value is -1.39. The van der Waals surface area contributed by atoms with Crippen LogP contribution in [0.3, 0.4) is 0 Å². The van der Waals surface area contributed by atoms with Crippen LogP contribution >= 0.6 is 0 Å². The Balaban J connectivity index is 2.43. The Labute approximate surface area is 119 Å². The Morgan fingerprint density at radius 3 is 2.50 bits per heavy atom. The number of hydrogen-bond donors (Lipinski definition) is 1. The maximum atomic E-state index is 13.3. The standard InChI is InChI=1S/C16H22FNO2/c1-16(2,3)15(19-5)14(18-4)13-9-10-8-11(17)6-7-12(10)20-13/h6-9,14-15,18H,1-5H3. The fourth-order valence-corrected chi connectivity index (χ4v) is 2.62. The van der Waals surface area contributed by atoms with Gasteiger partial charge in [-0.2, -0.15) is 0 Å². The third-order valence-corrected chi connectivity index (χ3v) is 3.53. The molecule has 0 bridgehead atoms. The molecule has 1 aromatic carbocycles. The van der Waals surface area contributed by atoms with Crippen LogP contribution in [0.4, 0.5) is 4.39 Å². The fourth-order valence-electron chi connectivity index (χ4n) is 2.62. The van der Waals surface area contributed by atoms with Gasteiger partial charge in [-0.15, -0.1) is 0 Å². The molecule has 1 heterocycles. The summed E-state index contributed by atoms with van der Waals surface area (Å²) < 4.78 is 24.8. The van der Waals surface area contributed by atoms with Gasteiger partial charge in [-0.25, -0.2) is 4.39 Å². The highest BCUT2D eigenvalue weighted by atomic mass is 19.1. The summed E-state index contributed by atoms with van der Waals surface area (Å²) in [6.45, 7) is 6.36. The van der Waals surface area contributed by atoms with Crippen molar-refractivity contribution < 1.29 is 13.5 Å². The minimum absolute atomic E-state index is 0.0490. The lowest BCUT2D eigenvalue weighted by Crippen LogP contribution is -2.40. The lowest BCUT2D eigenvalue weighted by molar-refractivity contribution is -0.0148. The van der Waals surface area contributed by atoms with Crippen LogP contribution in [-0.2, 0) is 4.74 Å². The van der Waals surface area contributed by atoms with Gasteiger partial charge in [0.2, 0.25) is 0 Å². The third kappa shape index (κ3) is 2.86. The van der Waals surface area contributed by atoms with Gasteiger partial charge < -0.3 is 14.5 Å². The van der Waals surface area contributed by atoms with Gasteiger partial charge in [0.25, 0.3) is 0 Å². The molecule has 1 aromatic heterocycles. The summed E-state index contributed by atoms with van der Waals surface area (Å²) >= 11 is 0. The number of halogens is 1. The average Bonchev–Trinajstić information content (AvgIpc) is 2.76. The van der Waals surface area contributed by atoms with E-state index in [1.807, 2.05) is 13.1 Å². The van der Waals surface area contributed by atoms with Crippen molar-refractivity contribution in [3.05, 3.63) is 35.8 Å². The molecule has 110 valence electrons. The highest BCUT2D eigenvalue weighted by molar-refractivity contribution is 5.78. The summed E-state index contributed by atoms with van der Waals surface area (Å²) in [4.78, 5) is 0. The van der Waals surface area contributed by atoms with E-state index in [0.717, 1.165) is 11.1 Å². The number of rotatable bonds is 4. The molecule has 4 heteroatoms. The first-order valence-electron chi connectivity index (χ1n) is 6.76. The average molecular weight is 279 g/mol. The van der Waals surface area contributed by atoms with E-state index in [0.29, 0.717) is 5.58 Å². The first-order chi connectivity index (χ1) is 9.36. The van der Waals surface area contributed by atoms with Crippen LogP contribution in [0.2, 0.25) is 0 Å². The van der Waals surface area contributed by atoms with Gasteiger partial charge in [-0.05, 0) is 36.7 Å². The molecule has 0 aliphatic rings. The predicted molar refractivity (Wildman–Crippen MR) is 78.2 cm³/mol. The van der Waals surface area contributed by atoms with Crippen LogP contribution in [0, 0.1) is 11.2 Å². The van der Waals surface area contributed by atoms with E-state index in [-0.39, 0.29) is 23.4 Å². The molecule has 0 aliphatic carbocycles. The molecule has 20 heavy (non-hydrogen) atoms. The maximum Gasteiger partial charge on any atom is 0.134 e. The molecule has 0 amide bonds. The van der Waals surface area contributed by atoms with Crippen LogP contribution in [-0.4, -0.2) is 20.3 Å². The minimum atomic E-state index is -0.259. The van der Waals surface area contributed by atoms with Gasteiger partial charge in [-0.3, -0.25) is 0 Å². The Morgan fingerprint density at radius 2 is 1.95 bits per heavy atom. The molecule has 2 unspecified atom stereocenters. The number of ether oxygens (including phenoxy) is 1. The molecule has 0 fully saturated rings. The fraction of sp³-hybridized carbons (Fsp3) is 0.500. The zero-order valence-corrected chi connectivity index (χ0v) is 12.7. The quantitative estimate of drug-likeness (QED) is 0.922.